The first-order valence-corrected chi connectivity index (χ1v) is 20.7. The molecule has 7 rings (SSSR count). The maximum absolute atomic E-state index is 14.4. The van der Waals surface area contributed by atoms with Gasteiger partial charge in [-0.2, -0.15) is 0 Å². The predicted octanol–water partition coefficient (Wildman–Crippen LogP) is 3.82. The fraction of sp³-hybridized carbons (Fsp3) is 0.683. The molecule has 1 aromatic rings. The molecule has 0 spiro atoms. The third-order valence-electron chi connectivity index (χ3n) is 12.0. The summed E-state index contributed by atoms with van der Waals surface area (Å²) in [5.74, 6) is -0.993. The Morgan fingerprint density at radius 3 is 2.55 bits per heavy atom. The Hall–Kier alpha value is -4.37. The Kier molecular flexibility index (Phi) is 13.0. The van der Waals surface area contributed by atoms with Gasteiger partial charge >= 0.3 is 18.2 Å². The SMILES string of the molecule is CCOC(=O)[C@@]12C[C@@H]1/C=C\CCCCC[C@H](NC(=O)OC1CCCC1)C(=O)N1C[C@H](OC(=O)N3Cc4ccc(OCCN5CCOCC5)cc4C3)C[C@H]1C(=O)N2. The van der Waals surface area contributed by atoms with E-state index in [1.807, 2.05) is 30.4 Å². The molecule has 0 aromatic heterocycles. The fourth-order valence-electron chi connectivity index (χ4n) is 8.65. The molecule has 56 heavy (non-hydrogen) atoms. The van der Waals surface area contributed by atoms with Crippen LogP contribution in [-0.4, -0.2) is 127 Å². The molecule has 4 amide bonds. The van der Waals surface area contributed by atoms with Gasteiger partial charge in [-0.1, -0.05) is 31.1 Å². The average Bonchev–Trinajstić information content (AvgIpc) is 3.60. The van der Waals surface area contributed by atoms with Gasteiger partial charge in [0.05, 0.1) is 26.4 Å². The molecule has 2 saturated heterocycles. The number of hydrogen-bond acceptors (Lipinski definition) is 11. The van der Waals surface area contributed by atoms with Gasteiger partial charge in [-0.05, 0) is 81.5 Å². The summed E-state index contributed by atoms with van der Waals surface area (Å²) in [7, 11) is 0. The number of allylic oxidation sites excluding steroid dienone is 1. The van der Waals surface area contributed by atoms with Crippen molar-refractivity contribution in [2.45, 2.75) is 120 Å². The minimum atomic E-state index is -1.23. The van der Waals surface area contributed by atoms with Crippen molar-refractivity contribution in [3.05, 3.63) is 41.5 Å². The standard InChI is InChI=1S/C41H57N5O10/c1-2-53-38(49)41-24-30(41)10-6-4-3-5-7-13-34(42-39(50)55-31-11-8-9-12-31)37(48)46-27-33(23-35(46)36(47)43-41)56-40(51)45-25-28-14-15-32(22-29(28)26-45)54-21-18-44-16-19-52-20-17-44/h6,10,14-15,22,30-31,33-35H,2-5,7-9,11-13,16-21,23-27H2,1H3,(H,42,50)(H,43,47)/b10-6-/t30-,33+,34-,35-,41+/m0/s1. The van der Waals surface area contributed by atoms with Crippen LogP contribution in [0.15, 0.2) is 30.4 Å². The monoisotopic (exact) mass is 779 g/mol. The zero-order valence-corrected chi connectivity index (χ0v) is 32.5. The summed E-state index contributed by atoms with van der Waals surface area (Å²) in [4.78, 5) is 73.9. The molecule has 0 bridgehead atoms. The Morgan fingerprint density at radius 1 is 0.964 bits per heavy atom. The molecule has 2 aliphatic carbocycles. The van der Waals surface area contributed by atoms with Crippen molar-refractivity contribution in [3.63, 3.8) is 0 Å². The highest BCUT2D eigenvalue weighted by Crippen LogP contribution is 2.46. The molecule has 4 fully saturated rings. The average molecular weight is 780 g/mol. The minimum Gasteiger partial charge on any atom is -0.492 e. The number of esters is 1. The molecule has 15 nitrogen and oxygen atoms in total. The third-order valence-corrected chi connectivity index (χ3v) is 12.0. The van der Waals surface area contributed by atoms with E-state index in [0.717, 1.165) is 94.7 Å². The summed E-state index contributed by atoms with van der Waals surface area (Å²) in [6, 6.07) is 3.84. The maximum Gasteiger partial charge on any atom is 0.410 e. The highest BCUT2D eigenvalue weighted by molar-refractivity contribution is 5.96. The van der Waals surface area contributed by atoms with Gasteiger partial charge in [0.1, 0.15) is 42.2 Å². The summed E-state index contributed by atoms with van der Waals surface area (Å²) in [5, 5.41) is 5.77. The highest BCUT2D eigenvalue weighted by atomic mass is 16.6. The van der Waals surface area contributed by atoms with E-state index < -0.39 is 53.7 Å². The number of rotatable bonds is 9. The number of nitrogens with one attached hydrogen (secondary N) is 2. The van der Waals surface area contributed by atoms with E-state index in [0.29, 0.717) is 39.0 Å². The smallest absolute Gasteiger partial charge is 0.410 e. The molecule has 2 saturated carbocycles. The fourth-order valence-corrected chi connectivity index (χ4v) is 8.65. The van der Waals surface area contributed by atoms with Crippen LogP contribution >= 0.6 is 0 Å². The molecule has 0 radical (unpaired) electrons. The molecule has 15 heteroatoms. The lowest BCUT2D eigenvalue weighted by Gasteiger charge is -2.29. The molecule has 0 unspecified atom stereocenters. The number of amides is 4. The Labute approximate surface area is 328 Å². The van der Waals surface area contributed by atoms with Crippen molar-refractivity contribution < 1.29 is 47.7 Å². The zero-order chi connectivity index (χ0) is 39.1. The first-order chi connectivity index (χ1) is 27.2. The molecule has 2 N–H and O–H groups in total. The second-order valence-electron chi connectivity index (χ2n) is 15.9. The molecule has 1 aromatic carbocycles. The third kappa shape index (κ3) is 9.59. The zero-order valence-electron chi connectivity index (χ0n) is 32.5. The molecular formula is C41H57N5O10. The van der Waals surface area contributed by atoms with Gasteiger partial charge in [-0.15, -0.1) is 0 Å². The van der Waals surface area contributed by atoms with Crippen molar-refractivity contribution in [1.82, 2.24) is 25.3 Å². The Morgan fingerprint density at radius 2 is 1.75 bits per heavy atom. The Bertz CT molecular complexity index is 1630. The number of fused-ring (bicyclic) bond motifs is 3. The van der Waals surface area contributed by atoms with E-state index in [4.69, 9.17) is 23.7 Å². The van der Waals surface area contributed by atoms with E-state index in [2.05, 4.69) is 15.5 Å². The normalized spacial score (nSPS) is 29.2. The van der Waals surface area contributed by atoms with E-state index in [1.54, 1.807) is 11.8 Å². The number of benzene rings is 1. The lowest BCUT2D eigenvalue weighted by Crippen LogP contribution is -2.56. The van der Waals surface area contributed by atoms with Crippen molar-refractivity contribution in [2.24, 2.45) is 5.92 Å². The summed E-state index contributed by atoms with van der Waals surface area (Å²) in [6.45, 7) is 7.12. The van der Waals surface area contributed by atoms with Crippen LogP contribution in [-0.2, 0) is 46.4 Å². The van der Waals surface area contributed by atoms with E-state index >= 15 is 0 Å². The van der Waals surface area contributed by atoms with Gasteiger partial charge < -0.3 is 39.2 Å². The van der Waals surface area contributed by atoms with Crippen molar-refractivity contribution in [3.8, 4) is 5.75 Å². The summed E-state index contributed by atoms with van der Waals surface area (Å²) >= 11 is 0. The number of nitrogens with zero attached hydrogens (tertiary/aromatic N) is 3. The summed E-state index contributed by atoms with van der Waals surface area (Å²) in [6.07, 6.45) is 9.28. The van der Waals surface area contributed by atoms with Crippen LogP contribution in [0.2, 0.25) is 0 Å². The number of carbonyl (C=O) groups is 5. The van der Waals surface area contributed by atoms with Crippen LogP contribution in [0, 0.1) is 5.92 Å². The van der Waals surface area contributed by atoms with Crippen molar-refractivity contribution in [1.29, 1.82) is 0 Å². The largest absolute Gasteiger partial charge is 0.492 e. The van der Waals surface area contributed by atoms with Crippen molar-refractivity contribution in [2.75, 3.05) is 52.6 Å². The van der Waals surface area contributed by atoms with Crippen LogP contribution in [0.3, 0.4) is 0 Å². The lowest BCUT2D eigenvalue weighted by molar-refractivity contribution is -0.150. The van der Waals surface area contributed by atoms with E-state index in [-0.39, 0.29) is 31.6 Å². The van der Waals surface area contributed by atoms with Gasteiger partial charge in [0.25, 0.3) is 0 Å². The highest BCUT2D eigenvalue weighted by Gasteiger charge is 2.62. The second-order valence-corrected chi connectivity index (χ2v) is 15.9. The van der Waals surface area contributed by atoms with Crippen molar-refractivity contribution >= 4 is 30.0 Å². The van der Waals surface area contributed by atoms with Gasteiger partial charge in [-0.25, -0.2) is 14.4 Å². The minimum absolute atomic E-state index is 0.0316. The van der Waals surface area contributed by atoms with Gasteiger partial charge in [0, 0.05) is 45.1 Å². The van der Waals surface area contributed by atoms with Crippen LogP contribution in [0.1, 0.15) is 88.7 Å². The molecule has 306 valence electrons. The predicted molar refractivity (Wildman–Crippen MR) is 202 cm³/mol. The summed E-state index contributed by atoms with van der Waals surface area (Å²) in [5.41, 5.74) is 0.726. The van der Waals surface area contributed by atoms with Crippen LogP contribution in [0.5, 0.6) is 5.75 Å². The van der Waals surface area contributed by atoms with Crippen LogP contribution in [0.4, 0.5) is 9.59 Å². The molecule has 4 aliphatic heterocycles. The number of hydrogen-bond donors (Lipinski definition) is 2. The lowest BCUT2D eigenvalue weighted by atomic mass is 10.0. The van der Waals surface area contributed by atoms with Gasteiger partial charge in [-0.3, -0.25) is 19.4 Å². The molecule has 5 atom stereocenters. The van der Waals surface area contributed by atoms with E-state index in [1.165, 1.54) is 4.90 Å². The van der Waals surface area contributed by atoms with Crippen LogP contribution < -0.4 is 15.4 Å². The topological polar surface area (TPSA) is 165 Å². The van der Waals surface area contributed by atoms with Gasteiger partial charge in [0.15, 0.2) is 0 Å². The van der Waals surface area contributed by atoms with Crippen LogP contribution in [0.25, 0.3) is 0 Å². The maximum atomic E-state index is 14.4. The number of ether oxygens (including phenoxy) is 5. The second kappa shape index (κ2) is 18.3. The number of alkyl carbamates (subject to hydrolysis) is 1. The first-order valence-electron chi connectivity index (χ1n) is 20.7. The Balaban J connectivity index is 1.03. The molecular weight excluding hydrogens is 722 g/mol. The van der Waals surface area contributed by atoms with E-state index in [9.17, 15) is 24.0 Å². The number of carbonyl (C=O) groups excluding carboxylic acids is 5. The summed E-state index contributed by atoms with van der Waals surface area (Å²) < 4.78 is 28.6. The molecule has 4 heterocycles. The van der Waals surface area contributed by atoms with Gasteiger partial charge in [0.2, 0.25) is 11.8 Å². The first kappa shape index (κ1) is 39.8. The number of morpholine rings is 1. The molecule has 6 aliphatic rings. The quantitative estimate of drug-likeness (QED) is 0.213.